The van der Waals surface area contributed by atoms with Crippen LogP contribution in [0.15, 0.2) is 6.20 Å². The third kappa shape index (κ3) is 6.76. The van der Waals surface area contributed by atoms with Crippen LogP contribution >= 0.6 is 0 Å². The molecule has 0 saturated heterocycles. The molecule has 0 atom stereocenters. The fourth-order valence-corrected chi connectivity index (χ4v) is 1.40. The highest BCUT2D eigenvalue weighted by molar-refractivity contribution is 5.17. The minimum Gasteiger partial charge on any atom is -0.461 e. The Hall–Kier alpha value is -1.28. The first kappa shape index (κ1) is 16.8. The van der Waals surface area contributed by atoms with Crippen LogP contribution in [0.3, 0.4) is 0 Å². The summed E-state index contributed by atoms with van der Waals surface area (Å²) in [6, 6.07) is 0.347. The predicted molar refractivity (Wildman–Crippen MR) is 73.7 cm³/mol. The van der Waals surface area contributed by atoms with Crippen molar-refractivity contribution in [3.63, 3.8) is 0 Å². The zero-order valence-electron chi connectivity index (χ0n) is 12.1. The van der Waals surface area contributed by atoms with Gasteiger partial charge in [-0.3, -0.25) is 0 Å². The third-order valence-corrected chi connectivity index (χ3v) is 2.54. The minimum atomic E-state index is 0.347. The van der Waals surface area contributed by atoms with E-state index in [1.54, 1.807) is 13.3 Å². The summed E-state index contributed by atoms with van der Waals surface area (Å²) in [7, 11) is 1.64. The summed E-state index contributed by atoms with van der Waals surface area (Å²) in [5.41, 5.74) is 7.30. The molecular weight excluding hydrogens is 262 g/mol. The van der Waals surface area contributed by atoms with Crippen LogP contribution in [-0.4, -0.2) is 56.7 Å². The van der Waals surface area contributed by atoms with Gasteiger partial charge in [-0.1, -0.05) is 0 Å². The first-order valence-electron chi connectivity index (χ1n) is 6.57. The van der Waals surface area contributed by atoms with Crippen molar-refractivity contribution in [3.8, 4) is 6.01 Å². The van der Waals surface area contributed by atoms with Gasteiger partial charge in [-0.2, -0.15) is 0 Å². The number of nitrogens with zero attached hydrogens (tertiary/aromatic N) is 2. The fraction of sp³-hybridized carbons (Fsp3) is 0.692. The molecule has 0 aliphatic heterocycles. The summed E-state index contributed by atoms with van der Waals surface area (Å²) in [5, 5.41) is 0. The van der Waals surface area contributed by atoms with Crippen molar-refractivity contribution < 1.29 is 18.9 Å². The number of nitrogens with two attached hydrogens (primary N) is 1. The Bertz CT molecular complexity index is 377. The molecule has 0 saturated carbocycles. The summed E-state index contributed by atoms with van der Waals surface area (Å²) in [4.78, 5) is 8.27. The van der Waals surface area contributed by atoms with Gasteiger partial charge in [-0.25, -0.2) is 9.97 Å². The number of aryl methyl sites for hydroxylation is 1. The van der Waals surface area contributed by atoms with Gasteiger partial charge in [-0.05, 0) is 6.92 Å². The number of methoxy groups -OCH3 is 1. The van der Waals surface area contributed by atoms with Crippen molar-refractivity contribution in [1.82, 2.24) is 9.97 Å². The maximum atomic E-state index is 5.54. The lowest BCUT2D eigenvalue weighted by molar-refractivity contribution is 0.0173. The number of aromatic nitrogens is 2. The summed E-state index contributed by atoms with van der Waals surface area (Å²) < 4.78 is 20.8. The maximum Gasteiger partial charge on any atom is 0.316 e. The van der Waals surface area contributed by atoms with Gasteiger partial charge in [0, 0.05) is 31.1 Å². The van der Waals surface area contributed by atoms with Crippen LogP contribution in [-0.2, 0) is 20.8 Å². The van der Waals surface area contributed by atoms with E-state index in [4.69, 9.17) is 24.7 Å². The smallest absolute Gasteiger partial charge is 0.316 e. The van der Waals surface area contributed by atoms with Gasteiger partial charge in [-0.15, -0.1) is 0 Å². The number of hydrogen-bond donors (Lipinski definition) is 1. The molecule has 114 valence electrons. The zero-order chi connectivity index (χ0) is 14.6. The highest BCUT2D eigenvalue weighted by atomic mass is 16.6. The van der Waals surface area contributed by atoms with Crippen LogP contribution in [0.1, 0.15) is 11.3 Å². The van der Waals surface area contributed by atoms with Crippen LogP contribution in [0.5, 0.6) is 6.01 Å². The molecule has 0 radical (unpaired) electrons. The topological polar surface area (TPSA) is 88.7 Å². The van der Waals surface area contributed by atoms with Crippen LogP contribution in [0.25, 0.3) is 0 Å². The van der Waals surface area contributed by atoms with E-state index in [2.05, 4.69) is 9.97 Å². The van der Waals surface area contributed by atoms with Crippen molar-refractivity contribution in [1.29, 1.82) is 0 Å². The molecule has 7 nitrogen and oxygen atoms in total. The van der Waals surface area contributed by atoms with Gasteiger partial charge in [0.15, 0.2) is 0 Å². The Morgan fingerprint density at radius 1 is 1.05 bits per heavy atom. The van der Waals surface area contributed by atoms with E-state index in [0.29, 0.717) is 52.2 Å². The zero-order valence-corrected chi connectivity index (χ0v) is 12.1. The van der Waals surface area contributed by atoms with Crippen molar-refractivity contribution in [2.75, 3.05) is 46.8 Å². The van der Waals surface area contributed by atoms with Gasteiger partial charge >= 0.3 is 6.01 Å². The molecule has 1 aromatic heterocycles. The monoisotopic (exact) mass is 285 g/mol. The summed E-state index contributed by atoms with van der Waals surface area (Å²) >= 11 is 0. The Morgan fingerprint density at radius 3 is 2.30 bits per heavy atom. The third-order valence-electron chi connectivity index (χ3n) is 2.54. The number of ether oxygens (including phenoxy) is 4. The second-order valence-electron chi connectivity index (χ2n) is 4.03. The van der Waals surface area contributed by atoms with Crippen LogP contribution < -0.4 is 10.5 Å². The van der Waals surface area contributed by atoms with E-state index < -0.39 is 0 Å². The van der Waals surface area contributed by atoms with Crippen molar-refractivity contribution in [3.05, 3.63) is 17.5 Å². The van der Waals surface area contributed by atoms with E-state index in [0.717, 1.165) is 11.3 Å². The molecule has 20 heavy (non-hydrogen) atoms. The van der Waals surface area contributed by atoms with E-state index in [1.165, 1.54) is 0 Å². The lowest BCUT2D eigenvalue weighted by Crippen LogP contribution is -2.13. The molecule has 0 spiro atoms. The summed E-state index contributed by atoms with van der Waals surface area (Å²) in [5.74, 6) is 0. The molecule has 1 heterocycles. The Kier molecular flexibility index (Phi) is 8.81. The molecule has 0 amide bonds. The number of hydrogen-bond acceptors (Lipinski definition) is 7. The van der Waals surface area contributed by atoms with E-state index in [-0.39, 0.29) is 0 Å². The maximum absolute atomic E-state index is 5.54. The molecule has 0 aliphatic rings. The van der Waals surface area contributed by atoms with Crippen molar-refractivity contribution in [2.24, 2.45) is 5.73 Å². The van der Waals surface area contributed by atoms with Crippen LogP contribution in [0, 0.1) is 6.92 Å². The summed E-state index contributed by atoms with van der Waals surface area (Å²) in [6.45, 7) is 5.43. The molecule has 0 aliphatic carbocycles. The SMILES string of the molecule is COCCOCCOCCOc1ncc(CN)c(C)n1. The van der Waals surface area contributed by atoms with Gasteiger partial charge in [0.25, 0.3) is 0 Å². The molecule has 0 bridgehead atoms. The van der Waals surface area contributed by atoms with Crippen LogP contribution in [0.4, 0.5) is 0 Å². The Labute approximate surface area is 119 Å². The highest BCUT2D eigenvalue weighted by Gasteiger charge is 2.02. The molecule has 1 aromatic rings. The normalized spacial score (nSPS) is 10.8. The molecule has 7 heteroatoms. The molecule has 0 unspecified atom stereocenters. The quantitative estimate of drug-likeness (QED) is 0.585. The fourth-order valence-electron chi connectivity index (χ4n) is 1.40. The highest BCUT2D eigenvalue weighted by Crippen LogP contribution is 2.07. The van der Waals surface area contributed by atoms with Crippen molar-refractivity contribution >= 4 is 0 Å². The number of rotatable bonds is 11. The van der Waals surface area contributed by atoms with Gasteiger partial charge in [0.05, 0.1) is 33.0 Å². The first-order valence-corrected chi connectivity index (χ1v) is 6.57. The molecule has 0 fully saturated rings. The van der Waals surface area contributed by atoms with E-state index in [1.807, 2.05) is 6.92 Å². The lowest BCUT2D eigenvalue weighted by atomic mass is 10.2. The van der Waals surface area contributed by atoms with E-state index >= 15 is 0 Å². The lowest BCUT2D eigenvalue weighted by Gasteiger charge is -2.08. The average molecular weight is 285 g/mol. The van der Waals surface area contributed by atoms with Gasteiger partial charge < -0.3 is 24.7 Å². The molecule has 1 rings (SSSR count). The molecule has 2 N–H and O–H groups in total. The van der Waals surface area contributed by atoms with Gasteiger partial charge in [0.1, 0.15) is 6.61 Å². The Balaban J connectivity index is 2.05. The standard InChI is InChI=1S/C13H23N3O4/c1-11-12(9-14)10-15-13(16-11)20-8-7-19-6-5-18-4-3-17-2/h10H,3-9,14H2,1-2H3. The Morgan fingerprint density at radius 2 is 1.70 bits per heavy atom. The van der Waals surface area contributed by atoms with Crippen LogP contribution in [0.2, 0.25) is 0 Å². The summed E-state index contributed by atoms with van der Waals surface area (Å²) in [6.07, 6.45) is 1.68. The van der Waals surface area contributed by atoms with E-state index in [9.17, 15) is 0 Å². The predicted octanol–water partition coefficient (Wildman–Crippen LogP) is 0.302. The second-order valence-corrected chi connectivity index (χ2v) is 4.03. The molecule has 0 aromatic carbocycles. The second kappa shape index (κ2) is 10.5. The van der Waals surface area contributed by atoms with Gasteiger partial charge in [0.2, 0.25) is 0 Å². The van der Waals surface area contributed by atoms with Crippen molar-refractivity contribution in [2.45, 2.75) is 13.5 Å². The average Bonchev–Trinajstić information content (AvgIpc) is 2.46. The first-order chi connectivity index (χ1) is 9.77. The molecular formula is C13H23N3O4. The minimum absolute atomic E-state index is 0.347. The largest absolute Gasteiger partial charge is 0.461 e.